The van der Waals surface area contributed by atoms with E-state index in [1.54, 1.807) is 31.2 Å². The average molecular weight is 375 g/mol. The van der Waals surface area contributed by atoms with Crippen LogP contribution in [0.1, 0.15) is 17.3 Å². The monoisotopic (exact) mass is 375 g/mol. The normalized spacial score (nSPS) is 10.9. The van der Waals surface area contributed by atoms with Crippen LogP contribution in [0.4, 0.5) is 5.69 Å². The quantitative estimate of drug-likeness (QED) is 0.549. The highest BCUT2D eigenvalue weighted by molar-refractivity contribution is 7.92. The molecule has 6 nitrogen and oxygen atoms in total. The van der Waals surface area contributed by atoms with Gasteiger partial charge in [0.1, 0.15) is 12.4 Å². The molecule has 0 radical (unpaired) electrons. The summed E-state index contributed by atoms with van der Waals surface area (Å²) < 4.78 is 37.1. The first kappa shape index (κ1) is 19.5. The second kappa shape index (κ2) is 8.05. The molecule has 0 saturated heterocycles. The lowest BCUT2D eigenvalue weighted by Gasteiger charge is -2.21. The van der Waals surface area contributed by atoms with E-state index in [9.17, 15) is 13.2 Å². The first-order valence-corrected chi connectivity index (χ1v) is 9.25. The van der Waals surface area contributed by atoms with E-state index < -0.39 is 16.0 Å². The van der Waals surface area contributed by atoms with E-state index in [2.05, 4.69) is 6.58 Å². The molecular weight excluding hydrogens is 354 g/mol. The van der Waals surface area contributed by atoms with Crippen molar-refractivity contribution in [1.29, 1.82) is 0 Å². The number of anilines is 1. The van der Waals surface area contributed by atoms with Gasteiger partial charge in [-0.1, -0.05) is 18.7 Å². The molecular formula is C19H21NO5S. The Morgan fingerprint density at radius 2 is 1.73 bits per heavy atom. The number of esters is 1. The summed E-state index contributed by atoms with van der Waals surface area (Å²) in [6.45, 7) is 5.52. The molecule has 0 fully saturated rings. The van der Waals surface area contributed by atoms with Crippen molar-refractivity contribution in [2.75, 3.05) is 25.1 Å². The number of nitrogens with zero attached hydrogens (tertiary/aromatic N) is 1. The van der Waals surface area contributed by atoms with Gasteiger partial charge in [0.15, 0.2) is 0 Å². The van der Waals surface area contributed by atoms with Gasteiger partial charge in [0, 0.05) is 7.05 Å². The van der Waals surface area contributed by atoms with Gasteiger partial charge in [-0.25, -0.2) is 13.2 Å². The SMILES string of the molecule is C=C(C)COC(=O)c1ccc(S(=O)(=O)N(C)c2ccccc2OC)cc1. The summed E-state index contributed by atoms with van der Waals surface area (Å²) in [6, 6.07) is 12.4. The van der Waals surface area contributed by atoms with Gasteiger partial charge in [-0.05, 0) is 48.9 Å². The van der Waals surface area contributed by atoms with Crippen LogP contribution in [0.25, 0.3) is 0 Å². The number of ether oxygens (including phenoxy) is 2. The van der Waals surface area contributed by atoms with Crippen LogP contribution in [0.5, 0.6) is 5.75 Å². The molecule has 0 aliphatic rings. The number of para-hydroxylation sites is 2. The summed E-state index contributed by atoms with van der Waals surface area (Å²) in [7, 11) is -0.882. The van der Waals surface area contributed by atoms with Crippen LogP contribution in [0.2, 0.25) is 0 Å². The molecule has 0 aliphatic heterocycles. The predicted octanol–water partition coefficient (Wildman–Crippen LogP) is 3.25. The molecule has 2 aromatic rings. The third-order valence-corrected chi connectivity index (χ3v) is 5.41. The van der Waals surface area contributed by atoms with Crippen molar-refractivity contribution in [2.45, 2.75) is 11.8 Å². The maximum atomic E-state index is 12.8. The van der Waals surface area contributed by atoms with Gasteiger partial charge in [0.2, 0.25) is 0 Å². The smallest absolute Gasteiger partial charge is 0.338 e. The molecule has 26 heavy (non-hydrogen) atoms. The van der Waals surface area contributed by atoms with Gasteiger partial charge in [0.25, 0.3) is 10.0 Å². The Morgan fingerprint density at radius 1 is 1.12 bits per heavy atom. The molecule has 0 aromatic heterocycles. The third-order valence-electron chi connectivity index (χ3n) is 3.62. The Labute approximate surface area is 153 Å². The minimum Gasteiger partial charge on any atom is -0.495 e. The summed E-state index contributed by atoms with van der Waals surface area (Å²) in [4.78, 5) is 12.0. The van der Waals surface area contributed by atoms with Crippen molar-refractivity contribution in [1.82, 2.24) is 0 Å². The van der Waals surface area contributed by atoms with E-state index in [4.69, 9.17) is 9.47 Å². The van der Waals surface area contributed by atoms with Crippen LogP contribution in [-0.4, -0.2) is 35.2 Å². The van der Waals surface area contributed by atoms with Crippen LogP contribution in [0, 0.1) is 0 Å². The molecule has 7 heteroatoms. The predicted molar refractivity (Wildman–Crippen MR) is 100 cm³/mol. The molecule has 138 valence electrons. The zero-order chi connectivity index (χ0) is 19.3. The van der Waals surface area contributed by atoms with E-state index in [-0.39, 0.29) is 17.1 Å². The van der Waals surface area contributed by atoms with E-state index in [0.717, 1.165) is 9.88 Å². The molecule has 0 spiro atoms. The van der Waals surface area contributed by atoms with Crippen LogP contribution in [0.15, 0.2) is 65.6 Å². The summed E-state index contributed by atoms with van der Waals surface area (Å²) in [5.41, 5.74) is 1.40. The highest BCUT2D eigenvalue weighted by Gasteiger charge is 2.24. The lowest BCUT2D eigenvalue weighted by Crippen LogP contribution is -2.27. The Hall–Kier alpha value is -2.80. The molecule has 2 aromatic carbocycles. The number of methoxy groups -OCH3 is 1. The van der Waals surface area contributed by atoms with Crippen molar-refractivity contribution >= 4 is 21.7 Å². The highest BCUT2D eigenvalue weighted by Crippen LogP contribution is 2.30. The largest absolute Gasteiger partial charge is 0.495 e. The zero-order valence-electron chi connectivity index (χ0n) is 14.9. The van der Waals surface area contributed by atoms with E-state index in [1.807, 2.05) is 0 Å². The number of sulfonamides is 1. The molecule has 2 rings (SSSR count). The molecule has 0 unspecified atom stereocenters. The van der Waals surface area contributed by atoms with Gasteiger partial charge in [-0.15, -0.1) is 0 Å². The first-order chi connectivity index (χ1) is 12.3. The van der Waals surface area contributed by atoms with Crippen LogP contribution in [0.3, 0.4) is 0 Å². The average Bonchev–Trinajstić information content (AvgIpc) is 2.65. The minimum atomic E-state index is -3.81. The van der Waals surface area contributed by atoms with Crippen LogP contribution in [-0.2, 0) is 14.8 Å². The van der Waals surface area contributed by atoms with Crippen molar-refractivity contribution in [3.8, 4) is 5.75 Å². The molecule has 0 amide bonds. The molecule has 0 atom stereocenters. The Bertz CT molecular complexity index is 904. The third kappa shape index (κ3) is 4.23. The van der Waals surface area contributed by atoms with Crippen LogP contribution < -0.4 is 9.04 Å². The van der Waals surface area contributed by atoms with E-state index in [0.29, 0.717) is 11.4 Å². The number of hydrogen-bond donors (Lipinski definition) is 0. The number of carbonyl (C=O) groups excluding carboxylic acids is 1. The van der Waals surface area contributed by atoms with Crippen LogP contribution >= 0.6 is 0 Å². The van der Waals surface area contributed by atoms with Crippen molar-refractivity contribution in [3.63, 3.8) is 0 Å². The minimum absolute atomic E-state index is 0.0577. The van der Waals surface area contributed by atoms with E-state index >= 15 is 0 Å². The summed E-state index contributed by atoms with van der Waals surface area (Å²) in [5.74, 6) is -0.0893. The maximum absolute atomic E-state index is 12.8. The lowest BCUT2D eigenvalue weighted by molar-refractivity contribution is 0.0540. The lowest BCUT2D eigenvalue weighted by atomic mass is 10.2. The molecule has 0 aliphatic carbocycles. The van der Waals surface area contributed by atoms with Crippen molar-refractivity contribution < 1.29 is 22.7 Å². The second-order valence-corrected chi connectivity index (χ2v) is 7.67. The van der Waals surface area contributed by atoms with Crippen molar-refractivity contribution in [3.05, 3.63) is 66.2 Å². The fraction of sp³-hybridized carbons (Fsp3) is 0.211. The first-order valence-electron chi connectivity index (χ1n) is 7.81. The van der Waals surface area contributed by atoms with Gasteiger partial charge < -0.3 is 9.47 Å². The van der Waals surface area contributed by atoms with Gasteiger partial charge >= 0.3 is 5.97 Å². The maximum Gasteiger partial charge on any atom is 0.338 e. The van der Waals surface area contributed by atoms with Gasteiger partial charge in [0.05, 0.1) is 23.3 Å². The Kier molecular flexibility index (Phi) is 6.05. The number of carbonyl (C=O) groups is 1. The number of hydrogen-bond acceptors (Lipinski definition) is 5. The van der Waals surface area contributed by atoms with Gasteiger partial charge in [-0.3, -0.25) is 4.31 Å². The molecule has 0 N–H and O–H groups in total. The number of rotatable bonds is 7. The zero-order valence-corrected chi connectivity index (χ0v) is 15.7. The standard InChI is InChI=1S/C19H21NO5S/c1-14(2)13-25-19(21)15-9-11-16(12-10-15)26(22,23)20(3)17-7-5-6-8-18(17)24-4/h5-12H,1,13H2,2-4H3. The van der Waals surface area contributed by atoms with Gasteiger partial charge in [-0.2, -0.15) is 0 Å². The molecule has 0 heterocycles. The molecule has 0 saturated carbocycles. The Morgan fingerprint density at radius 3 is 2.31 bits per heavy atom. The summed E-state index contributed by atoms with van der Waals surface area (Å²) in [6.07, 6.45) is 0. The highest BCUT2D eigenvalue weighted by atomic mass is 32.2. The Balaban J connectivity index is 2.26. The number of benzene rings is 2. The fourth-order valence-electron chi connectivity index (χ4n) is 2.21. The second-order valence-electron chi connectivity index (χ2n) is 5.70. The summed E-state index contributed by atoms with van der Waals surface area (Å²) in [5, 5.41) is 0. The fourth-order valence-corrected chi connectivity index (χ4v) is 3.42. The molecule has 0 bridgehead atoms. The topological polar surface area (TPSA) is 72.9 Å². The van der Waals surface area contributed by atoms with E-state index in [1.165, 1.54) is 38.4 Å². The van der Waals surface area contributed by atoms with Crippen molar-refractivity contribution in [2.24, 2.45) is 0 Å². The summed E-state index contributed by atoms with van der Waals surface area (Å²) >= 11 is 0.